The van der Waals surface area contributed by atoms with Crippen LogP contribution in [0.5, 0.6) is 0 Å². The molecule has 1 N–H and O–H groups in total. The van der Waals surface area contributed by atoms with E-state index in [0.717, 1.165) is 23.0 Å². The predicted molar refractivity (Wildman–Crippen MR) is 79.2 cm³/mol. The van der Waals surface area contributed by atoms with E-state index in [1.807, 2.05) is 20.8 Å². The van der Waals surface area contributed by atoms with Gasteiger partial charge in [-0.15, -0.1) is 0 Å². The molecular weight excluding hydrogens is 266 g/mol. The molecular formula is C16H15N3O2. The van der Waals surface area contributed by atoms with E-state index in [9.17, 15) is 10.1 Å². The van der Waals surface area contributed by atoms with Crippen LogP contribution in [0.15, 0.2) is 24.3 Å². The lowest BCUT2D eigenvalue weighted by atomic mass is 10.1. The molecule has 0 radical (unpaired) electrons. The molecule has 0 saturated carbocycles. The molecule has 0 fully saturated rings. The number of hydrogen-bond donors (Lipinski definition) is 1. The smallest absolute Gasteiger partial charge is 0.328 e. The molecule has 1 aromatic carbocycles. The summed E-state index contributed by atoms with van der Waals surface area (Å²) < 4.78 is 1.74. The summed E-state index contributed by atoms with van der Waals surface area (Å²) in [6.45, 7) is 5.87. The first-order chi connectivity index (χ1) is 9.93. The van der Waals surface area contributed by atoms with Gasteiger partial charge in [0.05, 0.1) is 16.9 Å². The summed E-state index contributed by atoms with van der Waals surface area (Å²) in [7, 11) is 0. The second kappa shape index (κ2) is 5.63. The monoisotopic (exact) mass is 281 g/mol. The molecule has 0 aliphatic rings. The Kier molecular flexibility index (Phi) is 3.90. The fraction of sp³-hybridized carbons (Fsp3) is 0.188. The Morgan fingerprint density at radius 1 is 1.38 bits per heavy atom. The van der Waals surface area contributed by atoms with Crippen LogP contribution in [0, 0.1) is 32.1 Å². The number of nitrogens with zero attached hydrogens (tertiary/aromatic N) is 3. The number of carboxylic acids is 1. The Morgan fingerprint density at radius 3 is 2.62 bits per heavy atom. The van der Waals surface area contributed by atoms with Crippen molar-refractivity contribution in [3.8, 4) is 11.8 Å². The lowest BCUT2D eigenvalue weighted by Gasteiger charge is -2.07. The SMILES string of the molecule is Cc1nn(-c2ccc(/C=C/C(=O)O)cc2C#N)c(C)c1C. The van der Waals surface area contributed by atoms with E-state index in [2.05, 4.69) is 11.2 Å². The fourth-order valence-corrected chi connectivity index (χ4v) is 2.05. The standard InChI is InChI=1S/C16H15N3O2/c1-10-11(2)18-19(12(10)3)15-6-4-13(5-7-16(20)21)8-14(15)9-17/h4-8H,1-3H3,(H,20,21)/b7-5+. The average molecular weight is 281 g/mol. The molecule has 0 bridgehead atoms. The van der Waals surface area contributed by atoms with Crippen LogP contribution in [0.3, 0.4) is 0 Å². The van der Waals surface area contributed by atoms with E-state index >= 15 is 0 Å². The van der Waals surface area contributed by atoms with Crippen LogP contribution in [-0.2, 0) is 4.79 Å². The molecule has 1 heterocycles. The first-order valence-electron chi connectivity index (χ1n) is 6.42. The molecule has 2 aromatic rings. The largest absolute Gasteiger partial charge is 0.478 e. The van der Waals surface area contributed by atoms with Crippen molar-refractivity contribution in [1.29, 1.82) is 5.26 Å². The molecule has 0 unspecified atom stereocenters. The number of aromatic nitrogens is 2. The summed E-state index contributed by atoms with van der Waals surface area (Å²) >= 11 is 0. The van der Waals surface area contributed by atoms with E-state index < -0.39 is 5.97 Å². The highest BCUT2D eigenvalue weighted by molar-refractivity contribution is 5.85. The zero-order chi connectivity index (χ0) is 15.6. The Balaban J connectivity index is 2.53. The Labute approximate surface area is 122 Å². The van der Waals surface area contributed by atoms with Gasteiger partial charge in [0.2, 0.25) is 0 Å². The Bertz CT molecular complexity index is 780. The van der Waals surface area contributed by atoms with Crippen molar-refractivity contribution in [1.82, 2.24) is 9.78 Å². The minimum atomic E-state index is -1.02. The Hall–Kier alpha value is -2.87. The molecule has 5 heteroatoms. The second-order valence-corrected chi connectivity index (χ2v) is 4.77. The summed E-state index contributed by atoms with van der Waals surface area (Å²) in [6, 6.07) is 7.33. The van der Waals surface area contributed by atoms with Gasteiger partial charge in [0, 0.05) is 11.8 Å². The average Bonchev–Trinajstić information content (AvgIpc) is 2.72. The van der Waals surface area contributed by atoms with Gasteiger partial charge in [0.25, 0.3) is 0 Å². The normalized spacial score (nSPS) is 10.8. The first kappa shape index (κ1) is 14.5. The highest BCUT2D eigenvalue weighted by Gasteiger charge is 2.12. The highest BCUT2D eigenvalue weighted by atomic mass is 16.4. The van der Waals surface area contributed by atoms with Crippen molar-refractivity contribution in [3.05, 3.63) is 52.4 Å². The van der Waals surface area contributed by atoms with E-state index in [-0.39, 0.29) is 0 Å². The van der Waals surface area contributed by atoms with Crippen LogP contribution in [0.2, 0.25) is 0 Å². The van der Waals surface area contributed by atoms with Gasteiger partial charge in [-0.2, -0.15) is 10.4 Å². The number of nitriles is 1. The number of carbonyl (C=O) groups is 1. The van der Waals surface area contributed by atoms with E-state index in [1.165, 1.54) is 6.08 Å². The molecule has 0 saturated heterocycles. The maximum Gasteiger partial charge on any atom is 0.328 e. The zero-order valence-corrected chi connectivity index (χ0v) is 12.1. The van der Waals surface area contributed by atoms with Crippen LogP contribution >= 0.6 is 0 Å². The number of benzene rings is 1. The molecule has 21 heavy (non-hydrogen) atoms. The topological polar surface area (TPSA) is 78.9 Å². The van der Waals surface area contributed by atoms with Crippen molar-refractivity contribution in [3.63, 3.8) is 0 Å². The summed E-state index contributed by atoms with van der Waals surface area (Å²) in [6.07, 6.45) is 2.50. The van der Waals surface area contributed by atoms with Crippen molar-refractivity contribution < 1.29 is 9.90 Å². The molecule has 106 valence electrons. The van der Waals surface area contributed by atoms with Crippen LogP contribution in [0.4, 0.5) is 0 Å². The van der Waals surface area contributed by atoms with Crippen LogP contribution in [-0.4, -0.2) is 20.9 Å². The maximum atomic E-state index is 10.5. The Morgan fingerprint density at radius 2 is 2.10 bits per heavy atom. The van der Waals surface area contributed by atoms with E-state index in [0.29, 0.717) is 16.8 Å². The molecule has 0 aliphatic carbocycles. The van der Waals surface area contributed by atoms with Crippen molar-refractivity contribution in [2.45, 2.75) is 20.8 Å². The van der Waals surface area contributed by atoms with Gasteiger partial charge in [-0.25, -0.2) is 9.48 Å². The van der Waals surface area contributed by atoms with Gasteiger partial charge in [0.15, 0.2) is 0 Å². The number of hydrogen-bond acceptors (Lipinski definition) is 3. The minimum Gasteiger partial charge on any atom is -0.478 e. The van der Waals surface area contributed by atoms with Gasteiger partial charge in [-0.1, -0.05) is 6.07 Å². The minimum absolute atomic E-state index is 0.452. The maximum absolute atomic E-state index is 10.5. The van der Waals surface area contributed by atoms with Gasteiger partial charge in [-0.05, 0) is 50.1 Å². The van der Waals surface area contributed by atoms with Gasteiger partial charge < -0.3 is 5.11 Å². The van der Waals surface area contributed by atoms with Crippen molar-refractivity contribution >= 4 is 12.0 Å². The highest BCUT2D eigenvalue weighted by Crippen LogP contribution is 2.21. The van der Waals surface area contributed by atoms with E-state index in [1.54, 1.807) is 22.9 Å². The summed E-state index contributed by atoms with van der Waals surface area (Å²) in [5, 5.41) is 22.4. The van der Waals surface area contributed by atoms with Crippen molar-refractivity contribution in [2.75, 3.05) is 0 Å². The quantitative estimate of drug-likeness (QED) is 0.877. The molecule has 0 aliphatic heterocycles. The number of rotatable bonds is 3. The lowest BCUT2D eigenvalue weighted by Crippen LogP contribution is -2.02. The third-order valence-corrected chi connectivity index (χ3v) is 3.44. The molecule has 0 amide bonds. The van der Waals surface area contributed by atoms with Gasteiger partial charge in [-0.3, -0.25) is 0 Å². The zero-order valence-electron chi connectivity index (χ0n) is 12.1. The molecule has 5 nitrogen and oxygen atoms in total. The molecule has 2 rings (SSSR count). The lowest BCUT2D eigenvalue weighted by molar-refractivity contribution is -0.131. The number of carboxylic acid groups (broad SMARTS) is 1. The third-order valence-electron chi connectivity index (χ3n) is 3.44. The molecule has 1 aromatic heterocycles. The fourth-order valence-electron chi connectivity index (χ4n) is 2.05. The number of aliphatic carboxylic acids is 1. The van der Waals surface area contributed by atoms with E-state index in [4.69, 9.17) is 5.11 Å². The van der Waals surface area contributed by atoms with Gasteiger partial charge in [0.1, 0.15) is 6.07 Å². The van der Waals surface area contributed by atoms with Crippen molar-refractivity contribution in [2.24, 2.45) is 0 Å². The van der Waals surface area contributed by atoms with Gasteiger partial charge >= 0.3 is 5.97 Å². The summed E-state index contributed by atoms with van der Waals surface area (Å²) in [4.78, 5) is 10.5. The summed E-state index contributed by atoms with van der Waals surface area (Å²) in [5.41, 5.74) is 4.81. The number of aryl methyl sites for hydroxylation is 1. The summed E-state index contributed by atoms with van der Waals surface area (Å²) in [5.74, 6) is -1.02. The van der Waals surface area contributed by atoms with Crippen LogP contribution < -0.4 is 0 Å². The third kappa shape index (κ3) is 2.84. The van der Waals surface area contributed by atoms with Crippen LogP contribution in [0.1, 0.15) is 28.1 Å². The molecule has 0 spiro atoms. The predicted octanol–water partition coefficient (Wildman–Crippen LogP) is 2.77. The van der Waals surface area contributed by atoms with Crippen LogP contribution in [0.25, 0.3) is 11.8 Å². The first-order valence-corrected chi connectivity index (χ1v) is 6.42. The second-order valence-electron chi connectivity index (χ2n) is 4.77. The molecule has 0 atom stereocenters.